The smallest absolute Gasteiger partial charge is 0.353 e. The fourth-order valence-corrected chi connectivity index (χ4v) is 1.77. The summed E-state index contributed by atoms with van der Waals surface area (Å²) in [4.78, 5) is 18.6. The summed E-state index contributed by atoms with van der Waals surface area (Å²) in [6.45, 7) is 6.54. The molecule has 0 amide bonds. The van der Waals surface area contributed by atoms with Crippen LogP contribution < -0.4 is 10.6 Å². The SMILES string of the molecule is CCCCC(C)Nc1ncnc(NCC)c1[N+](=O)[O-]. The fraction of sp³-hybridized carbons (Fsp3) is 0.667. The summed E-state index contributed by atoms with van der Waals surface area (Å²) >= 11 is 0. The van der Waals surface area contributed by atoms with Gasteiger partial charge in [-0.25, -0.2) is 9.97 Å². The van der Waals surface area contributed by atoms with Crippen molar-refractivity contribution in [3.05, 3.63) is 16.4 Å². The predicted molar refractivity (Wildman–Crippen MR) is 75.5 cm³/mol. The van der Waals surface area contributed by atoms with E-state index in [1.807, 2.05) is 13.8 Å². The monoisotopic (exact) mass is 267 g/mol. The van der Waals surface area contributed by atoms with Crippen LogP contribution in [0.3, 0.4) is 0 Å². The molecule has 19 heavy (non-hydrogen) atoms. The van der Waals surface area contributed by atoms with Gasteiger partial charge in [-0.1, -0.05) is 19.8 Å². The zero-order valence-corrected chi connectivity index (χ0v) is 11.6. The Morgan fingerprint density at radius 2 is 2.05 bits per heavy atom. The quantitative estimate of drug-likeness (QED) is 0.555. The molecule has 1 aromatic heterocycles. The normalized spacial score (nSPS) is 11.9. The second-order valence-electron chi connectivity index (χ2n) is 4.39. The number of hydrogen-bond acceptors (Lipinski definition) is 6. The average molecular weight is 267 g/mol. The molecule has 0 fully saturated rings. The van der Waals surface area contributed by atoms with Gasteiger partial charge in [-0.2, -0.15) is 0 Å². The van der Waals surface area contributed by atoms with E-state index in [4.69, 9.17) is 0 Å². The van der Waals surface area contributed by atoms with Crippen molar-refractivity contribution in [2.45, 2.75) is 46.1 Å². The van der Waals surface area contributed by atoms with Crippen molar-refractivity contribution in [2.24, 2.45) is 0 Å². The molecule has 0 saturated carbocycles. The number of nitro groups is 1. The van der Waals surface area contributed by atoms with Crippen LogP contribution in [-0.2, 0) is 0 Å². The third-order valence-corrected chi connectivity index (χ3v) is 2.72. The highest BCUT2D eigenvalue weighted by molar-refractivity contribution is 5.69. The van der Waals surface area contributed by atoms with Gasteiger partial charge >= 0.3 is 5.69 Å². The molecule has 0 saturated heterocycles. The lowest BCUT2D eigenvalue weighted by Gasteiger charge is -2.14. The van der Waals surface area contributed by atoms with Gasteiger partial charge in [-0.3, -0.25) is 10.1 Å². The Labute approximate surface area is 113 Å². The van der Waals surface area contributed by atoms with E-state index in [9.17, 15) is 10.1 Å². The lowest BCUT2D eigenvalue weighted by atomic mass is 10.1. The number of nitrogens with zero attached hydrogens (tertiary/aromatic N) is 3. The lowest BCUT2D eigenvalue weighted by Crippen LogP contribution is -2.18. The van der Waals surface area contributed by atoms with Gasteiger partial charge in [0.2, 0.25) is 11.6 Å². The molecule has 0 aromatic carbocycles. The van der Waals surface area contributed by atoms with Crippen LogP contribution in [-0.4, -0.2) is 27.5 Å². The van der Waals surface area contributed by atoms with Gasteiger partial charge in [0.1, 0.15) is 6.33 Å². The number of unbranched alkanes of at least 4 members (excludes halogenated alkanes) is 1. The minimum Gasteiger partial charge on any atom is -0.364 e. The van der Waals surface area contributed by atoms with Crippen LogP contribution in [0.1, 0.15) is 40.0 Å². The van der Waals surface area contributed by atoms with Crippen molar-refractivity contribution >= 4 is 17.3 Å². The second-order valence-corrected chi connectivity index (χ2v) is 4.39. The van der Waals surface area contributed by atoms with Crippen molar-refractivity contribution in [3.63, 3.8) is 0 Å². The van der Waals surface area contributed by atoms with E-state index in [1.165, 1.54) is 6.33 Å². The third-order valence-electron chi connectivity index (χ3n) is 2.72. The Morgan fingerprint density at radius 1 is 1.37 bits per heavy atom. The number of anilines is 2. The number of rotatable bonds is 8. The van der Waals surface area contributed by atoms with Crippen molar-refractivity contribution in [2.75, 3.05) is 17.2 Å². The van der Waals surface area contributed by atoms with E-state index in [0.717, 1.165) is 19.3 Å². The standard InChI is InChI=1S/C12H21N5O2/c1-4-6-7-9(3)16-12-10(17(18)19)11(13-5-2)14-8-15-12/h8-9H,4-7H2,1-3H3,(H2,13,14,15,16). The highest BCUT2D eigenvalue weighted by Gasteiger charge is 2.23. The van der Waals surface area contributed by atoms with Gasteiger partial charge in [0, 0.05) is 12.6 Å². The van der Waals surface area contributed by atoms with E-state index >= 15 is 0 Å². The predicted octanol–water partition coefficient (Wildman–Crippen LogP) is 2.81. The molecule has 0 aliphatic heterocycles. The van der Waals surface area contributed by atoms with Crippen molar-refractivity contribution in [1.29, 1.82) is 0 Å². The summed E-state index contributed by atoms with van der Waals surface area (Å²) in [5, 5.41) is 17.1. The molecule has 106 valence electrons. The van der Waals surface area contributed by atoms with Crippen LogP contribution in [0.5, 0.6) is 0 Å². The number of hydrogen-bond donors (Lipinski definition) is 2. The lowest BCUT2D eigenvalue weighted by molar-refractivity contribution is -0.383. The maximum Gasteiger partial charge on any atom is 0.353 e. The molecule has 2 N–H and O–H groups in total. The maximum absolute atomic E-state index is 11.2. The second kappa shape index (κ2) is 7.50. The molecular formula is C12H21N5O2. The summed E-state index contributed by atoms with van der Waals surface area (Å²) < 4.78 is 0. The minimum absolute atomic E-state index is 0.0901. The van der Waals surface area contributed by atoms with E-state index < -0.39 is 4.92 Å². The molecule has 7 nitrogen and oxygen atoms in total. The molecule has 1 aromatic rings. The molecule has 0 aliphatic carbocycles. The summed E-state index contributed by atoms with van der Waals surface area (Å²) in [6.07, 6.45) is 4.46. The molecule has 1 atom stereocenters. The Morgan fingerprint density at radius 3 is 2.63 bits per heavy atom. The first-order chi connectivity index (χ1) is 9.10. The van der Waals surface area contributed by atoms with E-state index in [-0.39, 0.29) is 23.4 Å². The highest BCUT2D eigenvalue weighted by Crippen LogP contribution is 2.29. The van der Waals surface area contributed by atoms with Crippen molar-refractivity contribution < 1.29 is 4.92 Å². The molecule has 7 heteroatoms. The Kier molecular flexibility index (Phi) is 5.98. The van der Waals surface area contributed by atoms with E-state index in [0.29, 0.717) is 6.54 Å². The molecule has 1 heterocycles. The highest BCUT2D eigenvalue weighted by atomic mass is 16.6. The summed E-state index contributed by atoms with van der Waals surface area (Å²) in [5.74, 6) is 0.534. The first-order valence-electron chi connectivity index (χ1n) is 6.59. The van der Waals surface area contributed by atoms with Crippen LogP contribution in [0.15, 0.2) is 6.33 Å². The Bertz CT molecular complexity index is 425. The van der Waals surface area contributed by atoms with Gasteiger partial charge in [-0.05, 0) is 20.3 Å². The largest absolute Gasteiger partial charge is 0.364 e. The Balaban J connectivity index is 2.93. The molecule has 0 bridgehead atoms. The van der Waals surface area contributed by atoms with Gasteiger partial charge in [-0.15, -0.1) is 0 Å². The molecule has 0 aliphatic rings. The molecular weight excluding hydrogens is 246 g/mol. The van der Waals surface area contributed by atoms with E-state index in [2.05, 4.69) is 27.5 Å². The molecule has 0 spiro atoms. The van der Waals surface area contributed by atoms with Gasteiger partial charge in [0.25, 0.3) is 0 Å². The third kappa shape index (κ3) is 4.35. The van der Waals surface area contributed by atoms with Gasteiger partial charge in [0.15, 0.2) is 0 Å². The van der Waals surface area contributed by atoms with Crippen LogP contribution in [0.2, 0.25) is 0 Å². The van der Waals surface area contributed by atoms with Gasteiger partial charge < -0.3 is 10.6 Å². The summed E-state index contributed by atoms with van der Waals surface area (Å²) in [6, 6.07) is 0.142. The van der Waals surface area contributed by atoms with Crippen LogP contribution in [0.4, 0.5) is 17.3 Å². The zero-order valence-electron chi connectivity index (χ0n) is 11.6. The fourth-order valence-electron chi connectivity index (χ4n) is 1.77. The van der Waals surface area contributed by atoms with Crippen molar-refractivity contribution in [1.82, 2.24) is 9.97 Å². The first-order valence-corrected chi connectivity index (χ1v) is 6.59. The summed E-state index contributed by atoms with van der Waals surface area (Å²) in [5.41, 5.74) is -0.0901. The van der Waals surface area contributed by atoms with E-state index in [1.54, 1.807) is 0 Å². The zero-order chi connectivity index (χ0) is 14.3. The van der Waals surface area contributed by atoms with Gasteiger partial charge in [0.05, 0.1) is 4.92 Å². The van der Waals surface area contributed by atoms with Crippen LogP contribution >= 0.6 is 0 Å². The summed E-state index contributed by atoms with van der Waals surface area (Å²) in [7, 11) is 0. The van der Waals surface area contributed by atoms with Crippen LogP contribution in [0, 0.1) is 10.1 Å². The molecule has 1 rings (SSSR count). The minimum atomic E-state index is -0.452. The topological polar surface area (TPSA) is 93.0 Å². The molecule has 1 unspecified atom stereocenters. The average Bonchev–Trinajstić information content (AvgIpc) is 2.36. The maximum atomic E-state index is 11.2. The number of nitrogens with one attached hydrogen (secondary N) is 2. The Hall–Kier alpha value is -1.92. The number of aromatic nitrogens is 2. The molecule has 0 radical (unpaired) electrons. The first kappa shape index (κ1) is 15.1. The van der Waals surface area contributed by atoms with Crippen LogP contribution in [0.25, 0.3) is 0 Å². The van der Waals surface area contributed by atoms with Crippen molar-refractivity contribution in [3.8, 4) is 0 Å².